The lowest BCUT2D eigenvalue weighted by Gasteiger charge is -2.12. The number of nitrogens with zero attached hydrogens (tertiary/aromatic N) is 2. The summed E-state index contributed by atoms with van der Waals surface area (Å²) in [6.07, 6.45) is 0.940. The van der Waals surface area contributed by atoms with Gasteiger partial charge in [0.25, 0.3) is 5.56 Å². The molecule has 2 rings (SSSR count). The zero-order chi connectivity index (χ0) is 15.4. The van der Waals surface area contributed by atoms with Crippen molar-refractivity contribution < 1.29 is 5.11 Å². The van der Waals surface area contributed by atoms with Crippen molar-refractivity contribution in [1.29, 1.82) is 0 Å². The van der Waals surface area contributed by atoms with Gasteiger partial charge in [0.15, 0.2) is 0 Å². The van der Waals surface area contributed by atoms with E-state index in [9.17, 15) is 4.79 Å². The second kappa shape index (κ2) is 6.41. The van der Waals surface area contributed by atoms with Crippen molar-refractivity contribution in [2.24, 2.45) is 0 Å². The monoisotopic (exact) mass is 288 g/mol. The molecule has 6 nitrogen and oxygen atoms in total. The molecule has 6 heteroatoms. The van der Waals surface area contributed by atoms with Crippen molar-refractivity contribution in [1.82, 2.24) is 9.55 Å². The number of aliphatic hydroxyl groups excluding tert-OH is 1. The van der Waals surface area contributed by atoms with Gasteiger partial charge >= 0.3 is 0 Å². The molecule has 4 N–H and O–H groups in total. The average molecular weight is 288 g/mol. The van der Waals surface area contributed by atoms with E-state index in [0.29, 0.717) is 5.82 Å². The molecule has 21 heavy (non-hydrogen) atoms. The van der Waals surface area contributed by atoms with E-state index >= 15 is 0 Å². The van der Waals surface area contributed by atoms with Crippen LogP contribution in [0.25, 0.3) is 0 Å². The Morgan fingerprint density at radius 1 is 1.38 bits per heavy atom. The molecule has 0 radical (unpaired) electrons. The van der Waals surface area contributed by atoms with E-state index < -0.39 is 0 Å². The number of hydrogen-bond acceptors (Lipinski definition) is 5. The van der Waals surface area contributed by atoms with Crippen LogP contribution in [0.5, 0.6) is 0 Å². The highest BCUT2D eigenvalue weighted by molar-refractivity contribution is 5.58. The topological polar surface area (TPSA) is 93.2 Å². The Bertz CT molecular complexity index is 695. The maximum Gasteiger partial charge on any atom is 0.257 e. The van der Waals surface area contributed by atoms with E-state index in [-0.39, 0.29) is 24.7 Å². The molecule has 0 saturated carbocycles. The van der Waals surface area contributed by atoms with Gasteiger partial charge in [-0.1, -0.05) is 13.0 Å². The van der Waals surface area contributed by atoms with Crippen LogP contribution in [0.1, 0.15) is 18.1 Å². The fourth-order valence-corrected chi connectivity index (χ4v) is 2.19. The highest BCUT2D eigenvalue weighted by atomic mass is 16.3. The molecule has 112 valence electrons. The van der Waals surface area contributed by atoms with E-state index in [1.165, 1.54) is 21.8 Å². The molecular formula is C15H20N4O2. The van der Waals surface area contributed by atoms with Gasteiger partial charge in [-0.3, -0.25) is 9.36 Å². The SMILES string of the molecule is CCc1cc(Nc2cc(=O)n(CCO)c(N)n2)ccc1C. The number of nitrogens with two attached hydrogens (primary N) is 1. The molecular weight excluding hydrogens is 268 g/mol. The van der Waals surface area contributed by atoms with Gasteiger partial charge in [-0.25, -0.2) is 0 Å². The fourth-order valence-electron chi connectivity index (χ4n) is 2.19. The second-order valence-electron chi connectivity index (χ2n) is 4.83. The zero-order valence-electron chi connectivity index (χ0n) is 12.3. The highest BCUT2D eigenvalue weighted by Gasteiger charge is 2.06. The van der Waals surface area contributed by atoms with E-state index in [0.717, 1.165) is 12.1 Å². The first kappa shape index (κ1) is 15.1. The molecule has 1 aromatic carbocycles. The van der Waals surface area contributed by atoms with Gasteiger partial charge in [0, 0.05) is 11.8 Å². The van der Waals surface area contributed by atoms with Gasteiger partial charge in [-0.2, -0.15) is 4.98 Å². The van der Waals surface area contributed by atoms with Crippen molar-refractivity contribution in [3.05, 3.63) is 45.7 Å². The van der Waals surface area contributed by atoms with Crippen LogP contribution < -0.4 is 16.6 Å². The summed E-state index contributed by atoms with van der Waals surface area (Å²) in [4.78, 5) is 16.1. The highest BCUT2D eigenvalue weighted by Crippen LogP contribution is 2.19. The molecule has 0 fully saturated rings. The summed E-state index contributed by atoms with van der Waals surface area (Å²) in [5.41, 5.74) is 8.79. The normalized spacial score (nSPS) is 10.6. The van der Waals surface area contributed by atoms with Crippen LogP contribution in [-0.4, -0.2) is 21.3 Å². The zero-order valence-corrected chi connectivity index (χ0v) is 12.3. The average Bonchev–Trinajstić information content (AvgIpc) is 2.45. The van der Waals surface area contributed by atoms with Crippen LogP contribution in [0.2, 0.25) is 0 Å². The van der Waals surface area contributed by atoms with Crippen molar-refractivity contribution in [2.45, 2.75) is 26.8 Å². The molecule has 0 saturated heterocycles. The van der Waals surface area contributed by atoms with E-state index in [2.05, 4.69) is 24.1 Å². The van der Waals surface area contributed by atoms with Crippen LogP contribution in [0.3, 0.4) is 0 Å². The van der Waals surface area contributed by atoms with Crippen molar-refractivity contribution in [3.63, 3.8) is 0 Å². The summed E-state index contributed by atoms with van der Waals surface area (Å²) in [5, 5.41) is 12.0. The lowest BCUT2D eigenvalue weighted by molar-refractivity contribution is 0.274. The first-order valence-electron chi connectivity index (χ1n) is 6.90. The van der Waals surface area contributed by atoms with E-state index in [1.54, 1.807) is 0 Å². The Morgan fingerprint density at radius 3 is 2.76 bits per heavy atom. The summed E-state index contributed by atoms with van der Waals surface area (Å²) in [6, 6.07) is 7.37. The Labute approximate surface area is 123 Å². The van der Waals surface area contributed by atoms with Gasteiger partial charge in [-0.05, 0) is 36.6 Å². The lowest BCUT2D eigenvalue weighted by atomic mass is 10.1. The molecule has 0 aliphatic carbocycles. The third kappa shape index (κ3) is 3.41. The number of benzene rings is 1. The van der Waals surface area contributed by atoms with E-state index in [1.807, 2.05) is 18.2 Å². The van der Waals surface area contributed by atoms with Crippen LogP contribution in [0.4, 0.5) is 17.5 Å². The molecule has 0 aliphatic rings. The number of aromatic nitrogens is 2. The minimum Gasteiger partial charge on any atom is -0.395 e. The predicted molar refractivity (Wildman–Crippen MR) is 83.8 cm³/mol. The standard InChI is InChI=1S/C15H20N4O2/c1-3-11-8-12(5-4-10(11)2)17-13-9-14(21)19(6-7-20)15(16)18-13/h4-5,8-9,17,20H,3,6-7H2,1-2H3,(H2,16,18). The summed E-state index contributed by atoms with van der Waals surface area (Å²) in [6.45, 7) is 4.15. The molecule has 0 bridgehead atoms. The number of nitrogen functional groups attached to an aromatic ring is 1. The van der Waals surface area contributed by atoms with Gasteiger partial charge in [0.05, 0.1) is 13.2 Å². The first-order chi connectivity index (χ1) is 10.0. The summed E-state index contributed by atoms with van der Waals surface area (Å²) < 4.78 is 1.23. The summed E-state index contributed by atoms with van der Waals surface area (Å²) in [7, 11) is 0. The third-order valence-corrected chi connectivity index (χ3v) is 3.36. The number of aryl methyl sites for hydroxylation is 2. The van der Waals surface area contributed by atoms with Gasteiger partial charge in [-0.15, -0.1) is 0 Å². The van der Waals surface area contributed by atoms with Crippen molar-refractivity contribution in [2.75, 3.05) is 17.7 Å². The Balaban J connectivity index is 2.30. The number of hydrogen-bond donors (Lipinski definition) is 3. The van der Waals surface area contributed by atoms with E-state index in [4.69, 9.17) is 10.8 Å². The Morgan fingerprint density at radius 2 is 2.14 bits per heavy atom. The summed E-state index contributed by atoms with van der Waals surface area (Å²) >= 11 is 0. The van der Waals surface area contributed by atoms with Crippen LogP contribution >= 0.6 is 0 Å². The number of nitrogens with one attached hydrogen (secondary N) is 1. The molecule has 2 aromatic rings. The minimum absolute atomic E-state index is 0.0851. The van der Waals surface area contributed by atoms with Gasteiger partial charge in [0.2, 0.25) is 5.95 Å². The molecule has 0 atom stereocenters. The number of aliphatic hydroxyl groups is 1. The Hall–Kier alpha value is -2.34. The molecule has 0 spiro atoms. The van der Waals surface area contributed by atoms with Crippen LogP contribution in [-0.2, 0) is 13.0 Å². The second-order valence-corrected chi connectivity index (χ2v) is 4.83. The lowest BCUT2D eigenvalue weighted by Crippen LogP contribution is -2.25. The molecule has 0 unspecified atom stereocenters. The van der Waals surface area contributed by atoms with Gasteiger partial charge in [0.1, 0.15) is 5.82 Å². The quantitative estimate of drug-likeness (QED) is 0.774. The minimum atomic E-state index is -0.290. The number of rotatable bonds is 5. The maximum atomic E-state index is 11.9. The fraction of sp³-hybridized carbons (Fsp3) is 0.333. The summed E-state index contributed by atoms with van der Waals surface area (Å²) in [5.74, 6) is 0.486. The molecule has 1 aromatic heterocycles. The number of anilines is 3. The van der Waals surface area contributed by atoms with Crippen molar-refractivity contribution in [3.8, 4) is 0 Å². The van der Waals surface area contributed by atoms with Gasteiger partial charge < -0.3 is 16.2 Å². The molecule has 1 heterocycles. The first-order valence-corrected chi connectivity index (χ1v) is 6.90. The van der Waals surface area contributed by atoms with Crippen molar-refractivity contribution >= 4 is 17.5 Å². The largest absolute Gasteiger partial charge is 0.395 e. The molecule has 0 aliphatic heterocycles. The van der Waals surface area contributed by atoms with Crippen LogP contribution in [0, 0.1) is 6.92 Å². The predicted octanol–water partition coefficient (Wildman–Crippen LogP) is 1.43. The molecule has 0 amide bonds. The third-order valence-electron chi connectivity index (χ3n) is 3.36. The van der Waals surface area contributed by atoms with Crippen LogP contribution in [0.15, 0.2) is 29.1 Å². The maximum absolute atomic E-state index is 11.9. The Kier molecular flexibility index (Phi) is 4.59. The smallest absolute Gasteiger partial charge is 0.257 e.